The molecule has 0 aliphatic heterocycles. The average molecular weight is 248 g/mol. The zero-order valence-corrected chi connectivity index (χ0v) is 10.4. The van der Waals surface area contributed by atoms with E-state index in [4.69, 9.17) is 14.6 Å². The van der Waals surface area contributed by atoms with Gasteiger partial charge in [0, 0.05) is 20.2 Å². The number of hydrogen-bond donors (Lipinski definition) is 3. The SMILES string of the molecule is COC(C)(C)CNC(=O)NCCOCC(=O)O. The van der Waals surface area contributed by atoms with Crippen LogP contribution >= 0.6 is 0 Å². The molecular formula is C10H20N2O5. The van der Waals surface area contributed by atoms with Crippen molar-refractivity contribution in [1.82, 2.24) is 10.6 Å². The molecule has 0 aliphatic rings. The fourth-order valence-electron chi connectivity index (χ4n) is 0.824. The molecule has 0 spiro atoms. The number of aliphatic carboxylic acids is 1. The summed E-state index contributed by atoms with van der Waals surface area (Å²) >= 11 is 0. The minimum atomic E-state index is -1.03. The number of carbonyl (C=O) groups is 2. The van der Waals surface area contributed by atoms with Gasteiger partial charge in [-0.15, -0.1) is 0 Å². The van der Waals surface area contributed by atoms with E-state index in [1.807, 2.05) is 13.8 Å². The van der Waals surface area contributed by atoms with E-state index in [1.54, 1.807) is 7.11 Å². The Balaban J connectivity index is 3.50. The van der Waals surface area contributed by atoms with Gasteiger partial charge in [0.2, 0.25) is 0 Å². The number of hydrogen-bond acceptors (Lipinski definition) is 4. The van der Waals surface area contributed by atoms with E-state index in [0.717, 1.165) is 0 Å². The van der Waals surface area contributed by atoms with Crippen LogP contribution in [-0.4, -0.2) is 56.1 Å². The summed E-state index contributed by atoms with van der Waals surface area (Å²) in [4.78, 5) is 21.4. The van der Waals surface area contributed by atoms with E-state index < -0.39 is 11.6 Å². The Bertz CT molecular complexity index is 255. The van der Waals surface area contributed by atoms with Gasteiger partial charge in [0.25, 0.3) is 0 Å². The Kier molecular flexibility index (Phi) is 7.24. The Morgan fingerprint density at radius 2 is 1.94 bits per heavy atom. The molecule has 17 heavy (non-hydrogen) atoms. The molecule has 0 aromatic rings. The lowest BCUT2D eigenvalue weighted by Gasteiger charge is -2.23. The van der Waals surface area contributed by atoms with Crippen molar-refractivity contribution in [3.8, 4) is 0 Å². The largest absolute Gasteiger partial charge is 0.480 e. The first-order valence-corrected chi connectivity index (χ1v) is 5.24. The van der Waals surface area contributed by atoms with Gasteiger partial charge in [0.15, 0.2) is 0 Å². The average Bonchev–Trinajstić information content (AvgIpc) is 2.26. The molecule has 3 N–H and O–H groups in total. The van der Waals surface area contributed by atoms with Crippen molar-refractivity contribution in [3.05, 3.63) is 0 Å². The summed E-state index contributed by atoms with van der Waals surface area (Å²) in [5.41, 5.74) is -0.419. The molecule has 0 fully saturated rings. The number of methoxy groups -OCH3 is 1. The number of rotatable bonds is 8. The molecule has 0 saturated heterocycles. The van der Waals surface area contributed by atoms with Crippen LogP contribution in [0.15, 0.2) is 0 Å². The van der Waals surface area contributed by atoms with Crippen molar-refractivity contribution in [1.29, 1.82) is 0 Å². The fraction of sp³-hybridized carbons (Fsp3) is 0.800. The minimum absolute atomic E-state index is 0.160. The molecule has 0 aliphatic carbocycles. The number of carbonyl (C=O) groups excluding carboxylic acids is 1. The Morgan fingerprint density at radius 3 is 2.47 bits per heavy atom. The zero-order valence-electron chi connectivity index (χ0n) is 10.4. The number of urea groups is 1. The molecule has 100 valence electrons. The first kappa shape index (κ1) is 15.7. The molecule has 0 aromatic heterocycles. The summed E-state index contributed by atoms with van der Waals surface area (Å²) < 4.78 is 9.87. The Hall–Kier alpha value is -1.34. The van der Waals surface area contributed by atoms with Crippen LogP contribution in [0, 0.1) is 0 Å². The maximum absolute atomic E-state index is 11.3. The van der Waals surface area contributed by atoms with E-state index in [-0.39, 0.29) is 25.8 Å². The monoisotopic (exact) mass is 248 g/mol. The highest BCUT2D eigenvalue weighted by Crippen LogP contribution is 2.04. The van der Waals surface area contributed by atoms with Crippen LogP contribution in [0.5, 0.6) is 0 Å². The highest BCUT2D eigenvalue weighted by molar-refractivity contribution is 5.73. The standard InChI is InChI=1S/C10H20N2O5/c1-10(2,16-3)7-12-9(15)11-4-5-17-6-8(13)14/h4-7H2,1-3H3,(H,13,14)(H2,11,12,15). The van der Waals surface area contributed by atoms with Crippen LogP contribution in [0.3, 0.4) is 0 Å². The molecule has 7 nitrogen and oxygen atoms in total. The molecule has 0 rings (SSSR count). The second kappa shape index (κ2) is 7.86. The first-order chi connectivity index (χ1) is 7.87. The van der Waals surface area contributed by atoms with Gasteiger partial charge in [-0.25, -0.2) is 9.59 Å². The maximum Gasteiger partial charge on any atom is 0.329 e. The third-order valence-electron chi connectivity index (χ3n) is 1.98. The van der Waals surface area contributed by atoms with Crippen molar-refractivity contribution in [2.75, 3.05) is 33.4 Å². The summed E-state index contributed by atoms with van der Waals surface area (Å²) in [5.74, 6) is -1.03. The number of amides is 2. The number of ether oxygens (including phenoxy) is 2. The van der Waals surface area contributed by atoms with E-state index in [1.165, 1.54) is 0 Å². The summed E-state index contributed by atoms with van der Waals surface area (Å²) in [5, 5.41) is 13.4. The van der Waals surface area contributed by atoms with E-state index in [9.17, 15) is 9.59 Å². The van der Waals surface area contributed by atoms with Crippen LogP contribution in [0.2, 0.25) is 0 Å². The van der Waals surface area contributed by atoms with E-state index in [2.05, 4.69) is 10.6 Å². The van der Waals surface area contributed by atoms with Crippen molar-refractivity contribution in [2.24, 2.45) is 0 Å². The van der Waals surface area contributed by atoms with Gasteiger partial charge in [-0.1, -0.05) is 0 Å². The molecular weight excluding hydrogens is 228 g/mol. The quantitative estimate of drug-likeness (QED) is 0.517. The first-order valence-electron chi connectivity index (χ1n) is 5.24. The van der Waals surface area contributed by atoms with Crippen molar-refractivity contribution in [2.45, 2.75) is 19.4 Å². The number of carboxylic acids is 1. The van der Waals surface area contributed by atoms with Gasteiger partial charge in [-0.2, -0.15) is 0 Å². The lowest BCUT2D eigenvalue weighted by atomic mass is 10.1. The summed E-state index contributed by atoms with van der Waals surface area (Å²) in [6, 6.07) is -0.339. The molecule has 0 heterocycles. The van der Waals surface area contributed by atoms with Crippen LogP contribution in [0.25, 0.3) is 0 Å². The Labute approximate surface area is 100 Å². The highest BCUT2D eigenvalue weighted by atomic mass is 16.5. The topological polar surface area (TPSA) is 96.9 Å². The predicted molar refractivity (Wildman–Crippen MR) is 60.9 cm³/mol. The van der Waals surface area contributed by atoms with Gasteiger partial charge in [-0.05, 0) is 13.8 Å². The van der Waals surface area contributed by atoms with Gasteiger partial charge in [-0.3, -0.25) is 0 Å². The molecule has 0 bridgehead atoms. The second-order valence-electron chi connectivity index (χ2n) is 4.02. The summed E-state index contributed by atoms with van der Waals surface area (Å²) in [7, 11) is 1.57. The molecule has 2 amide bonds. The van der Waals surface area contributed by atoms with E-state index in [0.29, 0.717) is 6.54 Å². The third kappa shape index (κ3) is 9.58. The van der Waals surface area contributed by atoms with Crippen molar-refractivity contribution in [3.63, 3.8) is 0 Å². The molecule has 0 saturated carbocycles. The lowest BCUT2D eigenvalue weighted by Crippen LogP contribution is -2.45. The third-order valence-corrected chi connectivity index (χ3v) is 1.98. The number of nitrogens with one attached hydrogen (secondary N) is 2. The predicted octanol–water partition coefficient (Wildman–Crippen LogP) is -0.188. The normalized spacial score (nSPS) is 11.0. The van der Waals surface area contributed by atoms with Crippen molar-refractivity contribution >= 4 is 12.0 Å². The van der Waals surface area contributed by atoms with Crippen LogP contribution in [-0.2, 0) is 14.3 Å². The Morgan fingerprint density at radius 1 is 1.29 bits per heavy atom. The smallest absolute Gasteiger partial charge is 0.329 e. The van der Waals surface area contributed by atoms with Gasteiger partial charge >= 0.3 is 12.0 Å². The molecule has 0 aromatic carbocycles. The van der Waals surface area contributed by atoms with Crippen LogP contribution in [0.1, 0.15) is 13.8 Å². The van der Waals surface area contributed by atoms with Crippen LogP contribution in [0.4, 0.5) is 4.79 Å². The molecule has 7 heteroatoms. The maximum atomic E-state index is 11.3. The zero-order chi connectivity index (χ0) is 13.3. The summed E-state index contributed by atoms with van der Waals surface area (Å²) in [6.45, 7) is 4.14. The van der Waals surface area contributed by atoms with Gasteiger partial charge in [0.05, 0.1) is 12.2 Å². The minimum Gasteiger partial charge on any atom is -0.480 e. The van der Waals surface area contributed by atoms with Gasteiger partial charge in [0.1, 0.15) is 6.61 Å². The molecule has 0 unspecified atom stereocenters. The van der Waals surface area contributed by atoms with Crippen LogP contribution < -0.4 is 10.6 Å². The summed E-state index contributed by atoms with van der Waals surface area (Å²) in [6.07, 6.45) is 0. The van der Waals surface area contributed by atoms with Gasteiger partial charge < -0.3 is 25.2 Å². The lowest BCUT2D eigenvalue weighted by molar-refractivity contribution is -0.142. The fourth-order valence-corrected chi connectivity index (χ4v) is 0.824. The number of carboxylic acid groups (broad SMARTS) is 1. The van der Waals surface area contributed by atoms with E-state index >= 15 is 0 Å². The van der Waals surface area contributed by atoms with Crippen molar-refractivity contribution < 1.29 is 24.2 Å². The molecule has 0 radical (unpaired) electrons. The molecule has 0 atom stereocenters. The second-order valence-corrected chi connectivity index (χ2v) is 4.02. The highest BCUT2D eigenvalue weighted by Gasteiger charge is 2.16.